The van der Waals surface area contributed by atoms with Gasteiger partial charge in [0.25, 0.3) is 0 Å². The van der Waals surface area contributed by atoms with Gasteiger partial charge in [0, 0.05) is 19.1 Å². The van der Waals surface area contributed by atoms with Crippen molar-refractivity contribution in [3.8, 4) is 12.1 Å². The van der Waals surface area contributed by atoms with Gasteiger partial charge in [0.2, 0.25) is 5.95 Å². The van der Waals surface area contributed by atoms with Gasteiger partial charge in [0.05, 0.1) is 34.6 Å². The minimum absolute atomic E-state index is 0.105. The number of hydrogen-bond donors (Lipinski definition) is 3. The summed E-state index contributed by atoms with van der Waals surface area (Å²) in [6.07, 6.45) is 4.19. The van der Waals surface area contributed by atoms with Gasteiger partial charge in [-0.15, -0.1) is 5.10 Å². The van der Waals surface area contributed by atoms with Crippen molar-refractivity contribution >= 4 is 34.7 Å². The summed E-state index contributed by atoms with van der Waals surface area (Å²) >= 11 is 6.79. The van der Waals surface area contributed by atoms with Crippen molar-refractivity contribution in [2.75, 3.05) is 30.3 Å². The molecule has 174 valence electrons. The van der Waals surface area contributed by atoms with E-state index in [2.05, 4.69) is 49.7 Å². The van der Waals surface area contributed by atoms with Crippen LogP contribution in [0.5, 0.6) is 0 Å². The molecule has 1 aliphatic heterocycles. The highest BCUT2D eigenvalue weighted by atomic mass is 35.5. The lowest BCUT2D eigenvalue weighted by Gasteiger charge is -2.36. The maximum atomic E-state index is 9.61. The summed E-state index contributed by atoms with van der Waals surface area (Å²) in [7, 11) is 0. The number of aromatic nitrogens is 4. The molecule has 2 aliphatic rings. The van der Waals surface area contributed by atoms with E-state index in [1.165, 1.54) is 10.7 Å². The van der Waals surface area contributed by atoms with E-state index in [4.69, 9.17) is 11.6 Å². The van der Waals surface area contributed by atoms with Gasteiger partial charge < -0.3 is 15.7 Å². The normalized spacial score (nSPS) is 17.1. The number of anilines is 3. The van der Waals surface area contributed by atoms with Crippen molar-refractivity contribution in [2.24, 2.45) is 0 Å². The summed E-state index contributed by atoms with van der Waals surface area (Å²) in [4.78, 5) is 11.1. The highest BCUT2D eigenvalue weighted by Gasteiger charge is 2.26. The smallest absolute Gasteiger partial charge is 0.247 e. The average Bonchev–Trinajstić information content (AvgIpc) is 3.53. The molecule has 0 bridgehead atoms. The van der Waals surface area contributed by atoms with Gasteiger partial charge in [-0.25, -0.2) is 4.98 Å². The Labute approximate surface area is 201 Å². The van der Waals surface area contributed by atoms with Crippen LogP contribution in [0.15, 0.2) is 18.3 Å². The molecule has 2 aromatic heterocycles. The summed E-state index contributed by atoms with van der Waals surface area (Å²) < 4.78 is 1.45. The van der Waals surface area contributed by atoms with Crippen LogP contribution in [-0.2, 0) is 0 Å². The Morgan fingerprint density at radius 1 is 1.26 bits per heavy atom. The third kappa shape index (κ3) is 4.48. The number of β-amino-alcohol motifs (C(OH)–C–C–N with tert-alkyl or cyclic N) is 1. The van der Waals surface area contributed by atoms with E-state index < -0.39 is 0 Å². The van der Waals surface area contributed by atoms with Gasteiger partial charge in [-0.3, -0.25) is 4.90 Å². The van der Waals surface area contributed by atoms with Gasteiger partial charge in [0.1, 0.15) is 6.07 Å². The number of aliphatic hydroxyl groups is 1. The number of fused-ring (bicyclic) bond motifs is 1. The standard InChI is InChI=1S/C23H24ClN9O/c1-13(4-5-32-11-17(34)12-32)18-6-14(8-25)7-19(20(18)24)29-23-30-21(28-15-2-3-15)22-27-10-16(9-26)33(22)31-23/h6-7,10,13,15,17,34H,2-5,11-12H2,1H3,(H2,28,29,30,31). The first-order chi connectivity index (χ1) is 16.4. The maximum Gasteiger partial charge on any atom is 0.247 e. The molecule has 5 rings (SSSR count). The van der Waals surface area contributed by atoms with Crippen LogP contribution in [0.3, 0.4) is 0 Å². The average molecular weight is 478 g/mol. The van der Waals surface area contributed by atoms with Crippen LogP contribution in [0.1, 0.15) is 48.9 Å². The fourth-order valence-electron chi connectivity index (χ4n) is 4.07. The lowest BCUT2D eigenvalue weighted by atomic mass is 9.94. The third-order valence-corrected chi connectivity index (χ3v) is 6.64. The van der Waals surface area contributed by atoms with Crippen LogP contribution in [-0.4, -0.2) is 61.4 Å². The third-order valence-electron chi connectivity index (χ3n) is 6.22. The quantitative estimate of drug-likeness (QED) is 0.446. The van der Waals surface area contributed by atoms with E-state index in [1.54, 1.807) is 6.07 Å². The van der Waals surface area contributed by atoms with Crippen molar-refractivity contribution in [1.29, 1.82) is 10.5 Å². The largest absolute Gasteiger partial charge is 0.390 e. The number of halogens is 1. The predicted molar refractivity (Wildman–Crippen MR) is 127 cm³/mol. The molecule has 0 amide bonds. The van der Waals surface area contributed by atoms with Crippen molar-refractivity contribution in [3.63, 3.8) is 0 Å². The van der Waals surface area contributed by atoms with Crippen LogP contribution in [0.2, 0.25) is 5.02 Å². The first-order valence-corrected chi connectivity index (χ1v) is 11.7. The zero-order valence-corrected chi connectivity index (χ0v) is 19.4. The van der Waals surface area contributed by atoms with Crippen molar-refractivity contribution in [1.82, 2.24) is 24.5 Å². The van der Waals surface area contributed by atoms with Crippen LogP contribution in [0.25, 0.3) is 5.65 Å². The number of nitriles is 2. The van der Waals surface area contributed by atoms with Gasteiger partial charge in [0.15, 0.2) is 17.2 Å². The second kappa shape index (κ2) is 9.07. The zero-order valence-electron chi connectivity index (χ0n) is 18.7. The molecule has 10 nitrogen and oxygen atoms in total. The molecule has 3 heterocycles. The molecule has 1 unspecified atom stereocenters. The molecule has 1 atom stereocenters. The zero-order chi connectivity index (χ0) is 23.8. The van der Waals surface area contributed by atoms with Crippen LogP contribution in [0.4, 0.5) is 17.5 Å². The van der Waals surface area contributed by atoms with Gasteiger partial charge >= 0.3 is 0 Å². The number of likely N-dealkylation sites (tertiary alicyclic amines) is 1. The fraction of sp³-hybridized carbons (Fsp3) is 0.435. The molecule has 11 heteroatoms. The van der Waals surface area contributed by atoms with E-state index in [9.17, 15) is 15.6 Å². The Kier molecular flexibility index (Phi) is 5.96. The Hall–Kier alpha value is -3.44. The van der Waals surface area contributed by atoms with Crippen molar-refractivity contribution in [2.45, 2.75) is 44.2 Å². The second-order valence-corrected chi connectivity index (χ2v) is 9.34. The summed E-state index contributed by atoms with van der Waals surface area (Å²) in [5.74, 6) is 0.892. The molecule has 1 aliphatic carbocycles. The number of benzene rings is 1. The SMILES string of the molecule is CC(CCN1CC(O)C1)c1cc(C#N)cc(Nc2nc(NC3CC3)c3ncc(C#N)n3n2)c1Cl. The molecule has 0 spiro atoms. The Morgan fingerprint density at radius 2 is 2.06 bits per heavy atom. The molecule has 34 heavy (non-hydrogen) atoms. The monoisotopic (exact) mass is 477 g/mol. The van der Waals surface area contributed by atoms with E-state index in [0.717, 1.165) is 31.4 Å². The molecular weight excluding hydrogens is 454 g/mol. The first kappa shape index (κ1) is 22.4. The van der Waals surface area contributed by atoms with E-state index >= 15 is 0 Å². The number of hydrogen-bond acceptors (Lipinski definition) is 9. The lowest BCUT2D eigenvalue weighted by Crippen LogP contribution is -2.50. The number of nitrogens with one attached hydrogen (secondary N) is 2. The van der Waals surface area contributed by atoms with Gasteiger partial charge in [-0.1, -0.05) is 18.5 Å². The summed E-state index contributed by atoms with van der Waals surface area (Å²) in [5.41, 5.74) is 2.64. The minimum Gasteiger partial charge on any atom is -0.390 e. The summed E-state index contributed by atoms with van der Waals surface area (Å²) in [6, 6.07) is 8.12. The lowest BCUT2D eigenvalue weighted by molar-refractivity contribution is 0.00100. The van der Waals surface area contributed by atoms with Crippen LogP contribution < -0.4 is 10.6 Å². The first-order valence-electron chi connectivity index (χ1n) is 11.3. The molecule has 3 aromatic rings. The molecular formula is C23H24ClN9O. The topological polar surface area (TPSA) is 138 Å². The summed E-state index contributed by atoms with van der Waals surface area (Å²) in [6.45, 7) is 4.32. The number of imidazole rings is 1. The predicted octanol–water partition coefficient (Wildman–Crippen LogP) is 3.01. The Morgan fingerprint density at radius 3 is 2.74 bits per heavy atom. The molecule has 0 radical (unpaired) electrons. The number of nitrogens with zero attached hydrogens (tertiary/aromatic N) is 7. The molecule has 1 saturated carbocycles. The van der Waals surface area contributed by atoms with Gasteiger partial charge in [-0.05, 0) is 49.4 Å². The summed E-state index contributed by atoms with van der Waals surface area (Å²) in [5, 5.41) is 40.0. The molecule has 1 aromatic carbocycles. The van der Waals surface area contributed by atoms with E-state index in [0.29, 0.717) is 52.6 Å². The Bertz CT molecular complexity index is 1310. The van der Waals surface area contributed by atoms with E-state index in [1.807, 2.05) is 6.07 Å². The van der Waals surface area contributed by atoms with Crippen LogP contribution >= 0.6 is 11.6 Å². The molecule has 1 saturated heterocycles. The number of rotatable bonds is 8. The Balaban J connectivity index is 1.45. The van der Waals surface area contributed by atoms with Gasteiger partial charge in [-0.2, -0.15) is 20.0 Å². The molecule has 3 N–H and O–H groups in total. The maximum absolute atomic E-state index is 9.61. The highest BCUT2D eigenvalue weighted by molar-refractivity contribution is 6.34. The second-order valence-electron chi connectivity index (χ2n) is 8.96. The highest BCUT2D eigenvalue weighted by Crippen LogP contribution is 2.36. The minimum atomic E-state index is -0.231. The van der Waals surface area contributed by atoms with E-state index in [-0.39, 0.29) is 18.0 Å². The fourth-order valence-corrected chi connectivity index (χ4v) is 4.41. The number of aliphatic hydroxyl groups excluding tert-OH is 1. The molecule has 2 fully saturated rings. The van der Waals surface area contributed by atoms with Crippen molar-refractivity contribution < 1.29 is 5.11 Å². The van der Waals surface area contributed by atoms with Crippen LogP contribution in [0, 0.1) is 22.7 Å². The van der Waals surface area contributed by atoms with Crippen molar-refractivity contribution in [3.05, 3.63) is 40.2 Å².